The molecule has 282 valence electrons. The van der Waals surface area contributed by atoms with Crippen LogP contribution >= 0.6 is 34.0 Å². The SMILES string of the molecule is c1ccc(-c2ccc(N(c3ccc4sc5ccccc5c4c3)c3ccc(-c4ccc5sc6cc7sc(-c8ccccc8)nc7cc6c5c4)cc3-c3ccccc3)cc2)cc1. The van der Waals surface area contributed by atoms with Gasteiger partial charge in [-0.2, -0.15) is 0 Å². The molecule has 0 unspecified atom stereocenters. The molecule has 0 saturated heterocycles. The third kappa shape index (κ3) is 6.09. The fraction of sp³-hybridized carbons (Fsp3) is 0. The van der Waals surface area contributed by atoms with E-state index in [-0.39, 0.29) is 0 Å². The lowest BCUT2D eigenvalue weighted by molar-refractivity contribution is 1.29. The van der Waals surface area contributed by atoms with Crippen LogP contribution in [0.25, 0.3) is 94.5 Å². The molecule has 0 aliphatic heterocycles. The molecule has 0 aliphatic carbocycles. The highest BCUT2D eigenvalue weighted by Crippen LogP contribution is 2.46. The van der Waals surface area contributed by atoms with Gasteiger partial charge < -0.3 is 4.90 Å². The number of thiophene rings is 2. The van der Waals surface area contributed by atoms with Crippen molar-refractivity contribution in [3.63, 3.8) is 0 Å². The Kier molecular flexibility index (Phi) is 8.44. The standard InChI is InChI=1S/C55H34N2S3/c1-4-12-35(13-5-1)36-20-24-41(25-21-36)57(42-26-29-52-46(32-42)43-18-10-11-19-50(43)58-52)49-27-22-39(30-44(49)37-14-6-2-7-15-37)40-23-28-51-45(31-40)47-33-48-54(34-53(47)59-51)60-55(56-48)38-16-8-3-9-17-38/h1-34H. The molecule has 0 aliphatic rings. The zero-order chi connectivity index (χ0) is 39.6. The molecule has 3 heterocycles. The molecule has 0 radical (unpaired) electrons. The predicted molar refractivity (Wildman–Crippen MR) is 262 cm³/mol. The maximum atomic E-state index is 5.09. The Morgan fingerprint density at radius 1 is 0.317 bits per heavy atom. The van der Waals surface area contributed by atoms with Crippen LogP contribution in [-0.2, 0) is 0 Å². The van der Waals surface area contributed by atoms with E-state index >= 15 is 0 Å². The number of rotatable bonds is 7. The summed E-state index contributed by atoms with van der Waals surface area (Å²) in [7, 11) is 0. The van der Waals surface area contributed by atoms with Gasteiger partial charge in [-0.15, -0.1) is 34.0 Å². The molecule has 3 aromatic heterocycles. The molecule has 0 atom stereocenters. The van der Waals surface area contributed by atoms with Gasteiger partial charge in [0.25, 0.3) is 0 Å². The Morgan fingerprint density at radius 2 is 0.867 bits per heavy atom. The van der Waals surface area contributed by atoms with Crippen LogP contribution < -0.4 is 4.90 Å². The van der Waals surface area contributed by atoms with Crippen molar-refractivity contribution in [3.05, 3.63) is 206 Å². The summed E-state index contributed by atoms with van der Waals surface area (Å²) in [5, 5.41) is 6.16. The normalized spacial score (nSPS) is 11.7. The number of fused-ring (bicyclic) bond motifs is 7. The number of hydrogen-bond acceptors (Lipinski definition) is 5. The van der Waals surface area contributed by atoms with Crippen molar-refractivity contribution in [1.82, 2.24) is 4.98 Å². The van der Waals surface area contributed by atoms with E-state index in [0.717, 1.165) is 33.1 Å². The van der Waals surface area contributed by atoms with Crippen molar-refractivity contribution >= 4 is 102 Å². The molecule has 0 amide bonds. The largest absolute Gasteiger partial charge is 0.310 e. The summed E-state index contributed by atoms with van der Waals surface area (Å²) in [6.07, 6.45) is 0. The molecule has 5 heteroatoms. The molecule has 2 nitrogen and oxygen atoms in total. The van der Waals surface area contributed by atoms with E-state index in [9.17, 15) is 0 Å². The lowest BCUT2D eigenvalue weighted by Gasteiger charge is -2.29. The second-order valence-electron chi connectivity index (χ2n) is 15.1. The molecule has 9 aromatic carbocycles. The van der Waals surface area contributed by atoms with Crippen LogP contribution in [0.4, 0.5) is 17.1 Å². The van der Waals surface area contributed by atoms with Crippen molar-refractivity contribution in [2.75, 3.05) is 4.90 Å². The number of benzene rings is 9. The average molecular weight is 819 g/mol. The number of hydrogen-bond donors (Lipinski definition) is 0. The molecule has 0 saturated carbocycles. The lowest BCUT2D eigenvalue weighted by atomic mass is 9.95. The van der Waals surface area contributed by atoms with Crippen molar-refractivity contribution in [2.24, 2.45) is 0 Å². The zero-order valence-corrected chi connectivity index (χ0v) is 34.7. The molecular weight excluding hydrogens is 785 g/mol. The van der Waals surface area contributed by atoms with Gasteiger partial charge in [-0.1, -0.05) is 133 Å². The summed E-state index contributed by atoms with van der Waals surface area (Å²) in [4.78, 5) is 7.52. The molecule has 0 N–H and O–H groups in total. The quantitative estimate of drug-likeness (QED) is 0.159. The van der Waals surface area contributed by atoms with Crippen LogP contribution in [0.15, 0.2) is 206 Å². The lowest BCUT2D eigenvalue weighted by Crippen LogP contribution is -2.11. The Bertz CT molecular complexity index is 3530. The summed E-state index contributed by atoms with van der Waals surface area (Å²) < 4.78 is 6.41. The molecular formula is C55H34N2S3. The fourth-order valence-electron chi connectivity index (χ4n) is 8.56. The average Bonchev–Trinajstić information content (AvgIpc) is 4.02. The third-order valence-corrected chi connectivity index (χ3v) is 14.9. The third-order valence-electron chi connectivity index (χ3n) is 11.5. The predicted octanol–water partition coefficient (Wildman–Crippen LogP) is 17.2. The highest BCUT2D eigenvalue weighted by atomic mass is 32.1. The Balaban J connectivity index is 1.02. The van der Waals surface area contributed by atoms with E-state index in [4.69, 9.17) is 4.98 Å². The number of thiazole rings is 1. The Morgan fingerprint density at radius 3 is 1.65 bits per heavy atom. The van der Waals surface area contributed by atoms with Crippen LogP contribution in [0.2, 0.25) is 0 Å². The summed E-state index contributed by atoms with van der Waals surface area (Å²) in [5.74, 6) is 0. The van der Waals surface area contributed by atoms with E-state index in [2.05, 4.69) is 211 Å². The summed E-state index contributed by atoms with van der Waals surface area (Å²) >= 11 is 5.48. The minimum Gasteiger partial charge on any atom is -0.310 e. The van der Waals surface area contributed by atoms with Gasteiger partial charge in [0.05, 0.1) is 15.9 Å². The molecule has 12 rings (SSSR count). The van der Waals surface area contributed by atoms with Crippen molar-refractivity contribution in [3.8, 4) is 44.0 Å². The number of nitrogens with zero attached hydrogens (tertiary/aromatic N) is 2. The van der Waals surface area contributed by atoms with Crippen LogP contribution in [0.1, 0.15) is 0 Å². The van der Waals surface area contributed by atoms with E-state index < -0.39 is 0 Å². The van der Waals surface area contributed by atoms with Crippen LogP contribution in [0, 0.1) is 0 Å². The van der Waals surface area contributed by atoms with Crippen LogP contribution in [0.5, 0.6) is 0 Å². The van der Waals surface area contributed by atoms with E-state index in [1.54, 1.807) is 11.3 Å². The summed E-state index contributed by atoms with van der Waals surface area (Å²) in [6, 6.07) is 75.2. The van der Waals surface area contributed by atoms with Gasteiger partial charge in [0.1, 0.15) is 5.01 Å². The maximum absolute atomic E-state index is 5.09. The highest BCUT2D eigenvalue weighted by molar-refractivity contribution is 7.27. The number of aromatic nitrogens is 1. The molecule has 0 bridgehead atoms. The monoisotopic (exact) mass is 818 g/mol. The molecule has 0 spiro atoms. The van der Waals surface area contributed by atoms with Gasteiger partial charge in [-0.05, 0) is 101 Å². The fourth-order valence-corrected chi connectivity index (χ4v) is 11.8. The minimum atomic E-state index is 1.05. The van der Waals surface area contributed by atoms with Crippen molar-refractivity contribution in [1.29, 1.82) is 0 Å². The van der Waals surface area contributed by atoms with Gasteiger partial charge >= 0.3 is 0 Å². The Hall–Kier alpha value is -6.89. The number of anilines is 3. The molecule has 12 aromatic rings. The smallest absolute Gasteiger partial charge is 0.124 e. The maximum Gasteiger partial charge on any atom is 0.124 e. The highest BCUT2D eigenvalue weighted by Gasteiger charge is 2.20. The topological polar surface area (TPSA) is 16.1 Å². The second kappa shape index (κ2) is 14.4. The first-order valence-electron chi connectivity index (χ1n) is 20.1. The van der Waals surface area contributed by atoms with Crippen molar-refractivity contribution < 1.29 is 0 Å². The van der Waals surface area contributed by atoms with Gasteiger partial charge in [0, 0.05) is 62.8 Å². The van der Waals surface area contributed by atoms with Crippen LogP contribution in [0.3, 0.4) is 0 Å². The summed E-state index contributed by atoms with van der Waals surface area (Å²) in [6.45, 7) is 0. The van der Waals surface area contributed by atoms with Gasteiger partial charge in [-0.25, -0.2) is 4.98 Å². The van der Waals surface area contributed by atoms with Crippen molar-refractivity contribution in [2.45, 2.75) is 0 Å². The zero-order valence-electron chi connectivity index (χ0n) is 32.2. The van der Waals surface area contributed by atoms with Crippen LogP contribution in [-0.4, -0.2) is 4.98 Å². The Labute approximate surface area is 359 Å². The first-order chi connectivity index (χ1) is 29.7. The first-order valence-corrected chi connectivity index (χ1v) is 22.5. The van der Waals surface area contributed by atoms with E-state index in [1.807, 2.05) is 22.7 Å². The van der Waals surface area contributed by atoms with E-state index in [0.29, 0.717) is 0 Å². The minimum absolute atomic E-state index is 1.05. The van der Waals surface area contributed by atoms with Gasteiger partial charge in [0.2, 0.25) is 0 Å². The molecule has 0 fully saturated rings. The van der Waals surface area contributed by atoms with E-state index in [1.165, 1.54) is 78.4 Å². The second-order valence-corrected chi connectivity index (χ2v) is 18.3. The molecule has 60 heavy (non-hydrogen) atoms. The first kappa shape index (κ1) is 35.1. The van der Waals surface area contributed by atoms with Gasteiger partial charge in [-0.3, -0.25) is 0 Å². The summed E-state index contributed by atoms with van der Waals surface area (Å²) in [5.41, 5.74) is 12.7. The van der Waals surface area contributed by atoms with Gasteiger partial charge in [0.15, 0.2) is 0 Å².